The van der Waals surface area contributed by atoms with Crippen LogP contribution >= 0.6 is 0 Å². The van der Waals surface area contributed by atoms with Crippen molar-refractivity contribution in [3.8, 4) is 0 Å². The maximum Gasteiger partial charge on any atom is 0.220 e. The summed E-state index contributed by atoms with van der Waals surface area (Å²) in [6, 6.07) is 9.76. The van der Waals surface area contributed by atoms with E-state index in [1.807, 2.05) is 30.3 Å². The number of nitrogens with one attached hydrogen (secondary N) is 1. The topological polar surface area (TPSA) is 55.4 Å². The van der Waals surface area contributed by atoms with Crippen LogP contribution in [0, 0.1) is 5.92 Å². The first-order chi connectivity index (χ1) is 9.67. The number of methoxy groups -OCH3 is 1. The van der Waals surface area contributed by atoms with E-state index in [9.17, 15) is 9.59 Å². The molecule has 0 bridgehead atoms. The average Bonchev–Trinajstić information content (AvgIpc) is 2.45. The van der Waals surface area contributed by atoms with Gasteiger partial charge in [-0.05, 0) is 11.5 Å². The van der Waals surface area contributed by atoms with Gasteiger partial charge in [0.15, 0.2) is 5.78 Å². The van der Waals surface area contributed by atoms with Gasteiger partial charge in [0, 0.05) is 31.9 Å². The fourth-order valence-electron chi connectivity index (χ4n) is 2.36. The second kappa shape index (κ2) is 6.89. The van der Waals surface area contributed by atoms with Crippen LogP contribution in [0.2, 0.25) is 0 Å². The molecule has 0 fully saturated rings. The fourth-order valence-corrected chi connectivity index (χ4v) is 2.36. The second-order valence-electron chi connectivity index (χ2n) is 5.02. The molecule has 0 saturated heterocycles. The number of ketones is 1. The van der Waals surface area contributed by atoms with Crippen LogP contribution in [-0.4, -0.2) is 18.8 Å². The van der Waals surface area contributed by atoms with Gasteiger partial charge in [-0.25, -0.2) is 0 Å². The van der Waals surface area contributed by atoms with Crippen LogP contribution in [0.5, 0.6) is 0 Å². The number of amides is 1. The molecule has 0 heterocycles. The summed E-state index contributed by atoms with van der Waals surface area (Å²) in [5.74, 6) is 0.721. The number of hydrogen-bond donors (Lipinski definition) is 1. The van der Waals surface area contributed by atoms with Gasteiger partial charge < -0.3 is 10.1 Å². The van der Waals surface area contributed by atoms with Crippen molar-refractivity contribution in [3.63, 3.8) is 0 Å². The molecule has 1 aromatic rings. The molecule has 1 amide bonds. The van der Waals surface area contributed by atoms with E-state index in [0.717, 1.165) is 5.56 Å². The number of hydrogen-bond acceptors (Lipinski definition) is 3. The molecule has 0 spiro atoms. The molecular weight excluding hydrogens is 254 g/mol. The molecule has 1 N–H and O–H groups in total. The Morgan fingerprint density at radius 3 is 2.75 bits per heavy atom. The van der Waals surface area contributed by atoms with Crippen molar-refractivity contribution in [2.45, 2.75) is 25.8 Å². The predicted molar refractivity (Wildman–Crippen MR) is 75.7 cm³/mol. The van der Waals surface area contributed by atoms with Gasteiger partial charge in [0.05, 0.1) is 12.9 Å². The van der Waals surface area contributed by atoms with Gasteiger partial charge in [0.2, 0.25) is 5.91 Å². The number of benzene rings is 1. The molecule has 0 radical (unpaired) electrons. The molecule has 1 unspecified atom stereocenters. The van der Waals surface area contributed by atoms with Crippen molar-refractivity contribution in [2.75, 3.05) is 7.11 Å². The van der Waals surface area contributed by atoms with Crippen LogP contribution in [0.1, 0.15) is 24.8 Å². The minimum Gasteiger partial charge on any atom is -0.501 e. The van der Waals surface area contributed by atoms with Gasteiger partial charge in [-0.2, -0.15) is 0 Å². The summed E-state index contributed by atoms with van der Waals surface area (Å²) in [6.07, 6.45) is 2.96. The summed E-state index contributed by atoms with van der Waals surface area (Å²) in [4.78, 5) is 23.4. The summed E-state index contributed by atoms with van der Waals surface area (Å²) in [5.41, 5.74) is 1.07. The number of carbonyl (C=O) groups is 2. The highest BCUT2D eigenvalue weighted by Gasteiger charge is 2.23. The number of allylic oxidation sites excluding steroid dienone is 2. The summed E-state index contributed by atoms with van der Waals surface area (Å²) >= 11 is 0. The van der Waals surface area contributed by atoms with Crippen molar-refractivity contribution >= 4 is 11.7 Å². The lowest BCUT2D eigenvalue weighted by Gasteiger charge is -2.20. The lowest BCUT2D eigenvalue weighted by atomic mass is 9.89. The Bertz CT molecular complexity index is 508. The fraction of sp³-hybridized carbons (Fsp3) is 0.375. The lowest BCUT2D eigenvalue weighted by Crippen LogP contribution is -2.27. The number of rotatable bonds is 5. The highest BCUT2D eigenvalue weighted by atomic mass is 16.5. The van der Waals surface area contributed by atoms with E-state index >= 15 is 0 Å². The van der Waals surface area contributed by atoms with E-state index in [2.05, 4.69) is 5.32 Å². The molecule has 1 aliphatic rings. The Morgan fingerprint density at radius 1 is 1.30 bits per heavy atom. The SMILES string of the molecule is COC1=CC(=O)CC(CC(=O)NCc2ccccc2)C1. The Balaban J connectivity index is 1.80. The summed E-state index contributed by atoms with van der Waals surface area (Å²) in [7, 11) is 1.55. The van der Waals surface area contributed by atoms with E-state index in [-0.39, 0.29) is 17.6 Å². The zero-order valence-corrected chi connectivity index (χ0v) is 11.6. The summed E-state index contributed by atoms with van der Waals surface area (Å²) in [6.45, 7) is 0.521. The lowest BCUT2D eigenvalue weighted by molar-refractivity contribution is -0.122. The molecule has 1 aromatic carbocycles. The summed E-state index contributed by atoms with van der Waals surface area (Å²) in [5, 5.41) is 2.88. The van der Waals surface area contributed by atoms with Crippen LogP contribution in [0.25, 0.3) is 0 Å². The zero-order valence-electron chi connectivity index (χ0n) is 11.6. The van der Waals surface area contributed by atoms with E-state index in [0.29, 0.717) is 31.6 Å². The quantitative estimate of drug-likeness (QED) is 0.894. The first-order valence-corrected chi connectivity index (χ1v) is 6.75. The molecule has 2 rings (SSSR count). The Morgan fingerprint density at radius 2 is 2.05 bits per heavy atom. The molecule has 0 aromatic heterocycles. The minimum atomic E-state index is -0.0241. The van der Waals surface area contributed by atoms with Crippen LogP contribution in [0.15, 0.2) is 42.2 Å². The van der Waals surface area contributed by atoms with Crippen molar-refractivity contribution in [2.24, 2.45) is 5.92 Å². The molecule has 106 valence electrons. The first kappa shape index (κ1) is 14.3. The first-order valence-electron chi connectivity index (χ1n) is 6.75. The van der Waals surface area contributed by atoms with Crippen LogP contribution < -0.4 is 5.32 Å². The molecule has 1 aliphatic carbocycles. The maximum absolute atomic E-state index is 11.9. The standard InChI is InChI=1S/C16H19NO3/c1-20-15-8-13(7-14(18)10-15)9-16(19)17-11-12-5-3-2-4-6-12/h2-6,10,13H,7-9,11H2,1H3,(H,17,19). The average molecular weight is 273 g/mol. The van der Waals surface area contributed by atoms with E-state index in [1.54, 1.807) is 7.11 Å². The van der Waals surface area contributed by atoms with E-state index in [4.69, 9.17) is 4.74 Å². The molecule has 1 atom stereocenters. The van der Waals surface area contributed by atoms with Crippen molar-refractivity contribution in [1.82, 2.24) is 5.32 Å². The Kier molecular flexibility index (Phi) is 4.93. The Labute approximate surface area is 118 Å². The Hall–Kier alpha value is -2.10. The second-order valence-corrected chi connectivity index (χ2v) is 5.02. The normalized spacial score (nSPS) is 18.4. The van der Waals surface area contributed by atoms with Crippen LogP contribution in [0.4, 0.5) is 0 Å². The number of carbonyl (C=O) groups excluding carboxylic acids is 2. The van der Waals surface area contributed by atoms with Gasteiger partial charge >= 0.3 is 0 Å². The third-order valence-corrected chi connectivity index (χ3v) is 3.37. The van der Waals surface area contributed by atoms with Gasteiger partial charge in [-0.15, -0.1) is 0 Å². The molecule has 0 saturated carbocycles. The summed E-state index contributed by atoms with van der Waals surface area (Å²) < 4.78 is 5.11. The third-order valence-electron chi connectivity index (χ3n) is 3.37. The van der Waals surface area contributed by atoms with Gasteiger partial charge in [0.25, 0.3) is 0 Å². The van der Waals surface area contributed by atoms with Gasteiger partial charge in [-0.3, -0.25) is 9.59 Å². The van der Waals surface area contributed by atoms with E-state index < -0.39 is 0 Å². The molecule has 4 nitrogen and oxygen atoms in total. The predicted octanol–water partition coefficient (Wildman–Crippen LogP) is 2.20. The molecular formula is C16H19NO3. The maximum atomic E-state index is 11.9. The largest absolute Gasteiger partial charge is 0.501 e. The van der Waals surface area contributed by atoms with Crippen LogP contribution in [0.3, 0.4) is 0 Å². The van der Waals surface area contributed by atoms with Gasteiger partial charge in [0.1, 0.15) is 0 Å². The van der Waals surface area contributed by atoms with Gasteiger partial charge in [-0.1, -0.05) is 30.3 Å². The smallest absolute Gasteiger partial charge is 0.220 e. The number of ether oxygens (including phenoxy) is 1. The molecule has 4 heteroatoms. The van der Waals surface area contributed by atoms with Crippen molar-refractivity contribution in [3.05, 3.63) is 47.7 Å². The third kappa shape index (κ3) is 4.23. The van der Waals surface area contributed by atoms with Crippen LogP contribution in [-0.2, 0) is 20.9 Å². The highest BCUT2D eigenvalue weighted by Crippen LogP contribution is 2.25. The van der Waals surface area contributed by atoms with E-state index in [1.165, 1.54) is 6.08 Å². The molecule has 0 aliphatic heterocycles. The monoisotopic (exact) mass is 273 g/mol. The highest BCUT2D eigenvalue weighted by molar-refractivity contribution is 5.91. The molecule has 20 heavy (non-hydrogen) atoms. The van der Waals surface area contributed by atoms with Crippen molar-refractivity contribution in [1.29, 1.82) is 0 Å². The minimum absolute atomic E-state index is 0.0241. The zero-order chi connectivity index (χ0) is 14.4. The van der Waals surface area contributed by atoms with Crippen molar-refractivity contribution < 1.29 is 14.3 Å².